The number of rotatable bonds is 5. The number of aliphatic hydroxyl groups is 1. The first kappa shape index (κ1) is 17.1. The maximum atomic E-state index is 11.8. The molecule has 0 saturated heterocycles. The van der Waals surface area contributed by atoms with Crippen molar-refractivity contribution in [1.82, 2.24) is 0 Å². The van der Waals surface area contributed by atoms with Crippen LogP contribution in [0.15, 0.2) is 72.8 Å². The lowest BCUT2D eigenvalue weighted by atomic mass is 9.80. The average molecular weight is 334 g/mol. The molecule has 0 saturated carbocycles. The first-order valence-electron chi connectivity index (χ1n) is 8.17. The van der Waals surface area contributed by atoms with Crippen LogP contribution in [0.25, 0.3) is 0 Å². The number of benzene rings is 3. The monoisotopic (exact) mass is 334 g/mol. The van der Waals surface area contributed by atoms with Gasteiger partial charge in [0.25, 0.3) is 0 Å². The molecule has 0 heterocycles. The van der Waals surface area contributed by atoms with Gasteiger partial charge in [0.2, 0.25) is 0 Å². The Bertz CT molecular complexity index is 858. The summed E-state index contributed by atoms with van der Waals surface area (Å²) in [5.41, 5.74) is 1.98. The van der Waals surface area contributed by atoms with Crippen molar-refractivity contribution in [3.63, 3.8) is 0 Å². The lowest BCUT2D eigenvalue weighted by Gasteiger charge is -2.31. The molecule has 3 nitrogen and oxygen atoms in total. The molecular formula is C22H22O3. The van der Waals surface area contributed by atoms with Gasteiger partial charge in [0, 0.05) is 0 Å². The Morgan fingerprint density at radius 1 is 0.720 bits per heavy atom. The zero-order valence-corrected chi connectivity index (χ0v) is 14.7. The van der Waals surface area contributed by atoms with Gasteiger partial charge >= 0.3 is 0 Å². The van der Waals surface area contributed by atoms with Crippen molar-refractivity contribution in [2.45, 2.75) is 12.5 Å². The van der Waals surface area contributed by atoms with E-state index in [0.717, 1.165) is 28.0 Å². The highest BCUT2D eigenvalue weighted by atomic mass is 16.5. The molecular weight excluding hydrogens is 312 g/mol. The Labute approximate surface area is 148 Å². The zero-order valence-electron chi connectivity index (χ0n) is 14.7. The summed E-state index contributed by atoms with van der Waals surface area (Å²) in [5, 5.41) is 11.8. The molecule has 0 radical (unpaired) electrons. The Hall–Kier alpha value is -2.78. The highest BCUT2D eigenvalue weighted by molar-refractivity contribution is 5.51. The molecule has 3 aromatic carbocycles. The molecule has 0 bridgehead atoms. The van der Waals surface area contributed by atoms with Gasteiger partial charge in [-0.15, -0.1) is 0 Å². The van der Waals surface area contributed by atoms with Crippen LogP contribution < -0.4 is 9.47 Å². The van der Waals surface area contributed by atoms with E-state index in [1.165, 1.54) is 0 Å². The van der Waals surface area contributed by atoms with Crippen LogP contribution in [0.1, 0.15) is 22.3 Å². The quantitative estimate of drug-likeness (QED) is 0.707. The fraction of sp³-hybridized carbons (Fsp3) is 0.182. The van der Waals surface area contributed by atoms with Gasteiger partial charge < -0.3 is 14.6 Å². The van der Waals surface area contributed by atoms with Crippen molar-refractivity contribution in [3.8, 4) is 11.5 Å². The smallest absolute Gasteiger partial charge is 0.140 e. The van der Waals surface area contributed by atoms with Crippen LogP contribution in [0.4, 0.5) is 0 Å². The molecule has 1 unspecified atom stereocenters. The molecule has 25 heavy (non-hydrogen) atoms. The molecule has 0 aliphatic carbocycles. The third-order valence-corrected chi connectivity index (χ3v) is 4.50. The molecule has 128 valence electrons. The summed E-state index contributed by atoms with van der Waals surface area (Å²) in [6, 6.07) is 22.9. The van der Waals surface area contributed by atoms with Crippen LogP contribution in [0.3, 0.4) is 0 Å². The van der Waals surface area contributed by atoms with Crippen LogP contribution in [-0.2, 0) is 5.60 Å². The summed E-state index contributed by atoms with van der Waals surface area (Å²) < 4.78 is 10.8. The normalized spacial score (nSPS) is 13.1. The largest absolute Gasteiger partial charge is 0.497 e. The second-order valence-corrected chi connectivity index (χ2v) is 5.99. The highest BCUT2D eigenvalue weighted by Crippen LogP contribution is 2.39. The lowest BCUT2D eigenvalue weighted by molar-refractivity contribution is 0.125. The van der Waals surface area contributed by atoms with Gasteiger partial charge in [0.1, 0.15) is 17.1 Å². The first-order chi connectivity index (χ1) is 12.1. The molecule has 0 aromatic heterocycles. The predicted molar refractivity (Wildman–Crippen MR) is 99.3 cm³/mol. The molecule has 0 fully saturated rings. The Balaban J connectivity index is 2.26. The van der Waals surface area contributed by atoms with E-state index in [4.69, 9.17) is 9.47 Å². The topological polar surface area (TPSA) is 38.7 Å². The second kappa shape index (κ2) is 6.99. The molecule has 1 N–H and O–H groups in total. The fourth-order valence-corrected chi connectivity index (χ4v) is 3.07. The third kappa shape index (κ3) is 3.11. The van der Waals surface area contributed by atoms with Crippen LogP contribution in [0.5, 0.6) is 11.5 Å². The van der Waals surface area contributed by atoms with Crippen molar-refractivity contribution < 1.29 is 14.6 Å². The van der Waals surface area contributed by atoms with Crippen LogP contribution in [-0.4, -0.2) is 19.3 Å². The van der Waals surface area contributed by atoms with Gasteiger partial charge in [0.05, 0.1) is 14.2 Å². The maximum Gasteiger partial charge on any atom is 0.140 e. The van der Waals surface area contributed by atoms with Crippen LogP contribution in [0.2, 0.25) is 0 Å². The Morgan fingerprint density at radius 3 is 2.08 bits per heavy atom. The summed E-state index contributed by atoms with van der Waals surface area (Å²) >= 11 is 0. The zero-order chi connectivity index (χ0) is 17.9. The molecule has 3 aromatic rings. The van der Waals surface area contributed by atoms with E-state index in [1.807, 2.05) is 79.7 Å². The predicted octanol–water partition coefficient (Wildman–Crippen LogP) is 4.30. The fourth-order valence-electron chi connectivity index (χ4n) is 3.07. The first-order valence-corrected chi connectivity index (χ1v) is 8.17. The van der Waals surface area contributed by atoms with Gasteiger partial charge in [-0.05, 0) is 47.4 Å². The van der Waals surface area contributed by atoms with Crippen molar-refractivity contribution in [1.29, 1.82) is 0 Å². The molecule has 0 aliphatic rings. The van der Waals surface area contributed by atoms with Crippen molar-refractivity contribution in [2.24, 2.45) is 0 Å². The third-order valence-electron chi connectivity index (χ3n) is 4.50. The summed E-state index contributed by atoms with van der Waals surface area (Å²) in [6.07, 6.45) is 0. The van der Waals surface area contributed by atoms with Gasteiger partial charge in [-0.2, -0.15) is 0 Å². The molecule has 0 aliphatic heterocycles. The number of ether oxygens (including phenoxy) is 2. The van der Waals surface area contributed by atoms with Crippen molar-refractivity contribution in [3.05, 3.63) is 95.1 Å². The number of aryl methyl sites for hydroxylation is 1. The van der Waals surface area contributed by atoms with Gasteiger partial charge in [0.15, 0.2) is 0 Å². The molecule has 3 rings (SSSR count). The van der Waals surface area contributed by atoms with Crippen LogP contribution in [0, 0.1) is 6.92 Å². The summed E-state index contributed by atoms with van der Waals surface area (Å²) in [7, 11) is 3.26. The van der Waals surface area contributed by atoms with E-state index in [1.54, 1.807) is 14.2 Å². The summed E-state index contributed by atoms with van der Waals surface area (Å²) in [4.78, 5) is 0. The van der Waals surface area contributed by atoms with E-state index < -0.39 is 5.60 Å². The minimum atomic E-state index is -1.31. The van der Waals surface area contributed by atoms with E-state index in [0.29, 0.717) is 5.75 Å². The Kier molecular flexibility index (Phi) is 4.77. The number of hydrogen-bond donors (Lipinski definition) is 1. The van der Waals surface area contributed by atoms with Gasteiger partial charge in [-0.3, -0.25) is 0 Å². The summed E-state index contributed by atoms with van der Waals surface area (Å²) in [6.45, 7) is 1.98. The highest BCUT2D eigenvalue weighted by Gasteiger charge is 2.34. The Morgan fingerprint density at radius 2 is 1.40 bits per heavy atom. The van der Waals surface area contributed by atoms with Gasteiger partial charge in [-0.1, -0.05) is 54.6 Å². The molecule has 0 spiro atoms. The van der Waals surface area contributed by atoms with Gasteiger partial charge in [-0.25, -0.2) is 0 Å². The van der Waals surface area contributed by atoms with Crippen LogP contribution >= 0.6 is 0 Å². The second-order valence-electron chi connectivity index (χ2n) is 5.99. The van der Waals surface area contributed by atoms with E-state index >= 15 is 0 Å². The number of hydrogen-bond acceptors (Lipinski definition) is 3. The minimum absolute atomic E-state index is 0.700. The number of methoxy groups -OCH3 is 2. The van der Waals surface area contributed by atoms with Crippen molar-refractivity contribution >= 4 is 0 Å². The molecule has 1 atom stereocenters. The maximum absolute atomic E-state index is 11.8. The average Bonchev–Trinajstić information content (AvgIpc) is 2.68. The van der Waals surface area contributed by atoms with E-state index in [2.05, 4.69) is 0 Å². The van der Waals surface area contributed by atoms with E-state index in [9.17, 15) is 5.11 Å². The molecule has 0 amide bonds. The minimum Gasteiger partial charge on any atom is -0.497 e. The van der Waals surface area contributed by atoms with Crippen molar-refractivity contribution in [2.75, 3.05) is 14.2 Å². The SMILES string of the molecule is COc1cccc(C(O)(c2ccccc2)c2ccc(C)c(OC)c2)c1. The standard InChI is InChI=1S/C22H22O3/c1-16-12-13-19(15-21(16)25-3)22(23,17-8-5-4-6-9-17)18-10-7-11-20(14-18)24-2/h4-15,23H,1-3H3. The molecule has 3 heteroatoms. The summed E-state index contributed by atoms with van der Waals surface area (Å²) in [5.74, 6) is 1.45. The lowest BCUT2D eigenvalue weighted by Crippen LogP contribution is -2.29. The van der Waals surface area contributed by atoms with E-state index in [-0.39, 0.29) is 0 Å².